The van der Waals surface area contributed by atoms with Gasteiger partial charge >= 0.3 is 0 Å². The zero-order valence-corrected chi connectivity index (χ0v) is 8.11. The lowest BCUT2D eigenvalue weighted by Gasteiger charge is -2.00. The first kappa shape index (κ1) is 7.38. The maximum absolute atomic E-state index is 5.95. The van der Waals surface area contributed by atoms with Crippen LogP contribution in [0.2, 0.25) is 0 Å². The molecule has 0 radical (unpaired) electrons. The van der Waals surface area contributed by atoms with Crippen molar-refractivity contribution < 1.29 is 0 Å². The number of hydrogen-bond donors (Lipinski definition) is 0. The Kier molecular flexibility index (Phi) is 1.78. The summed E-state index contributed by atoms with van der Waals surface area (Å²) in [7, 11) is 0. The predicted molar refractivity (Wildman–Crippen MR) is 51.7 cm³/mol. The van der Waals surface area contributed by atoms with Crippen LogP contribution in [0.3, 0.4) is 0 Å². The average molecular weight is 230 g/mol. The van der Waals surface area contributed by atoms with Crippen LogP contribution in [0.15, 0.2) is 28.7 Å². The van der Waals surface area contributed by atoms with Crippen LogP contribution in [0.1, 0.15) is 11.1 Å². The van der Waals surface area contributed by atoms with Crippen molar-refractivity contribution in [1.82, 2.24) is 0 Å². The summed E-state index contributed by atoms with van der Waals surface area (Å²) in [5.74, 6) is 0. The highest BCUT2D eigenvalue weighted by Crippen LogP contribution is 2.34. The minimum absolute atomic E-state index is 0.876. The number of benzene rings is 1. The summed E-state index contributed by atoms with van der Waals surface area (Å²) < 4.78 is 1.15. The SMILES string of the molecule is ClC1=CCc2c(Br)cccc21. The minimum Gasteiger partial charge on any atom is -0.0840 e. The maximum atomic E-state index is 5.95. The molecule has 1 aromatic rings. The lowest BCUT2D eigenvalue weighted by Crippen LogP contribution is -1.82. The van der Waals surface area contributed by atoms with Gasteiger partial charge in [-0.15, -0.1) is 0 Å². The van der Waals surface area contributed by atoms with Crippen LogP contribution in [0.25, 0.3) is 5.03 Å². The summed E-state index contributed by atoms with van der Waals surface area (Å²) in [6.45, 7) is 0. The first-order valence-corrected chi connectivity index (χ1v) is 4.59. The van der Waals surface area contributed by atoms with Gasteiger partial charge < -0.3 is 0 Å². The van der Waals surface area contributed by atoms with Crippen LogP contribution in [-0.2, 0) is 6.42 Å². The van der Waals surface area contributed by atoms with Crippen LogP contribution in [0.4, 0.5) is 0 Å². The highest BCUT2D eigenvalue weighted by Gasteiger charge is 2.13. The highest BCUT2D eigenvalue weighted by atomic mass is 79.9. The van der Waals surface area contributed by atoms with Crippen molar-refractivity contribution in [3.63, 3.8) is 0 Å². The van der Waals surface area contributed by atoms with E-state index in [9.17, 15) is 0 Å². The molecule has 0 heterocycles. The van der Waals surface area contributed by atoms with E-state index in [1.165, 1.54) is 11.1 Å². The van der Waals surface area contributed by atoms with Gasteiger partial charge in [0.15, 0.2) is 0 Å². The van der Waals surface area contributed by atoms with Gasteiger partial charge in [0, 0.05) is 9.51 Å². The Balaban J connectivity index is 2.64. The number of halogens is 2. The first-order chi connectivity index (χ1) is 5.29. The Morgan fingerprint density at radius 3 is 2.91 bits per heavy atom. The fourth-order valence-electron chi connectivity index (χ4n) is 1.29. The van der Waals surface area contributed by atoms with E-state index in [0.29, 0.717) is 0 Å². The van der Waals surface area contributed by atoms with E-state index in [1.54, 1.807) is 0 Å². The Bertz CT molecular complexity index is 328. The minimum atomic E-state index is 0.876. The monoisotopic (exact) mass is 228 g/mol. The molecular formula is C9H6BrCl. The van der Waals surface area contributed by atoms with Crippen LogP contribution in [0, 0.1) is 0 Å². The number of allylic oxidation sites excluding steroid dienone is 1. The molecule has 56 valence electrons. The average Bonchev–Trinajstić information content (AvgIpc) is 2.35. The van der Waals surface area contributed by atoms with Crippen molar-refractivity contribution in [1.29, 1.82) is 0 Å². The van der Waals surface area contributed by atoms with Crippen molar-refractivity contribution >= 4 is 32.6 Å². The van der Waals surface area contributed by atoms with E-state index < -0.39 is 0 Å². The number of hydrogen-bond acceptors (Lipinski definition) is 0. The molecular weight excluding hydrogens is 223 g/mol. The molecule has 2 heteroatoms. The van der Waals surface area contributed by atoms with E-state index in [1.807, 2.05) is 24.3 Å². The molecule has 1 aliphatic carbocycles. The second-order valence-corrected chi connectivity index (χ2v) is 3.78. The zero-order chi connectivity index (χ0) is 7.84. The first-order valence-electron chi connectivity index (χ1n) is 3.42. The Morgan fingerprint density at radius 2 is 2.18 bits per heavy atom. The van der Waals surface area contributed by atoms with Gasteiger partial charge in [0.25, 0.3) is 0 Å². The van der Waals surface area contributed by atoms with Gasteiger partial charge in [-0.05, 0) is 23.6 Å². The molecule has 0 saturated heterocycles. The van der Waals surface area contributed by atoms with E-state index in [0.717, 1.165) is 15.9 Å². The fraction of sp³-hybridized carbons (Fsp3) is 0.111. The van der Waals surface area contributed by atoms with E-state index in [4.69, 9.17) is 11.6 Å². The maximum Gasteiger partial charge on any atom is 0.0445 e. The quantitative estimate of drug-likeness (QED) is 0.638. The third-order valence-electron chi connectivity index (χ3n) is 1.86. The van der Waals surface area contributed by atoms with Crippen LogP contribution < -0.4 is 0 Å². The van der Waals surface area contributed by atoms with Crippen molar-refractivity contribution in [2.24, 2.45) is 0 Å². The molecule has 0 bridgehead atoms. The number of rotatable bonds is 0. The van der Waals surface area contributed by atoms with Crippen molar-refractivity contribution in [3.8, 4) is 0 Å². The third-order valence-corrected chi connectivity index (χ3v) is 2.96. The Labute approximate surface area is 79.0 Å². The smallest absolute Gasteiger partial charge is 0.0445 e. The lowest BCUT2D eigenvalue weighted by molar-refractivity contribution is 1.29. The molecule has 2 rings (SSSR count). The summed E-state index contributed by atoms with van der Waals surface area (Å²) in [4.78, 5) is 0. The van der Waals surface area contributed by atoms with Gasteiger partial charge in [-0.2, -0.15) is 0 Å². The van der Waals surface area contributed by atoms with Gasteiger partial charge in [-0.1, -0.05) is 45.7 Å². The van der Waals surface area contributed by atoms with Gasteiger partial charge in [0.1, 0.15) is 0 Å². The van der Waals surface area contributed by atoms with Crippen LogP contribution in [-0.4, -0.2) is 0 Å². The fourth-order valence-corrected chi connectivity index (χ4v) is 2.07. The highest BCUT2D eigenvalue weighted by molar-refractivity contribution is 9.10. The van der Waals surface area contributed by atoms with Crippen LogP contribution >= 0.6 is 27.5 Å². The predicted octanol–water partition coefficient (Wildman–Crippen LogP) is 3.58. The second-order valence-electron chi connectivity index (χ2n) is 2.52. The molecule has 1 aromatic carbocycles. The van der Waals surface area contributed by atoms with Crippen molar-refractivity contribution in [3.05, 3.63) is 39.9 Å². The van der Waals surface area contributed by atoms with Gasteiger partial charge in [-0.25, -0.2) is 0 Å². The molecule has 0 N–H and O–H groups in total. The summed E-state index contributed by atoms with van der Waals surface area (Å²) >= 11 is 9.44. The molecule has 0 unspecified atom stereocenters. The Hall–Kier alpha value is -0.270. The number of fused-ring (bicyclic) bond motifs is 1. The van der Waals surface area contributed by atoms with Gasteiger partial charge in [0.2, 0.25) is 0 Å². The standard InChI is InChI=1S/C9H6BrCl/c10-8-3-1-2-7-6(8)4-5-9(7)11/h1-3,5H,4H2. The Morgan fingerprint density at radius 1 is 1.36 bits per heavy atom. The normalized spacial score (nSPS) is 14.5. The van der Waals surface area contributed by atoms with Crippen LogP contribution in [0.5, 0.6) is 0 Å². The second kappa shape index (κ2) is 2.65. The third kappa shape index (κ3) is 1.13. The molecule has 0 nitrogen and oxygen atoms in total. The van der Waals surface area contributed by atoms with Crippen molar-refractivity contribution in [2.45, 2.75) is 6.42 Å². The molecule has 0 amide bonds. The topological polar surface area (TPSA) is 0 Å². The molecule has 0 saturated carbocycles. The van der Waals surface area contributed by atoms with E-state index in [2.05, 4.69) is 15.9 Å². The molecule has 0 aliphatic heterocycles. The van der Waals surface area contributed by atoms with E-state index >= 15 is 0 Å². The molecule has 1 aliphatic rings. The summed E-state index contributed by atoms with van der Waals surface area (Å²) in [5, 5.41) is 0.876. The lowest BCUT2D eigenvalue weighted by atomic mass is 10.1. The molecule has 0 aromatic heterocycles. The zero-order valence-electron chi connectivity index (χ0n) is 5.77. The van der Waals surface area contributed by atoms with Gasteiger partial charge in [-0.3, -0.25) is 0 Å². The summed E-state index contributed by atoms with van der Waals surface area (Å²) in [6, 6.07) is 6.10. The molecule has 0 fully saturated rings. The molecule has 11 heavy (non-hydrogen) atoms. The van der Waals surface area contributed by atoms with E-state index in [-0.39, 0.29) is 0 Å². The summed E-state index contributed by atoms with van der Waals surface area (Å²) in [6.07, 6.45) is 2.99. The van der Waals surface area contributed by atoms with Gasteiger partial charge in [0.05, 0.1) is 0 Å². The summed E-state index contributed by atoms with van der Waals surface area (Å²) in [5.41, 5.74) is 2.47. The molecule has 0 atom stereocenters. The molecule has 0 spiro atoms. The largest absolute Gasteiger partial charge is 0.0840 e. The van der Waals surface area contributed by atoms with Crippen molar-refractivity contribution in [2.75, 3.05) is 0 Å².